The Morgan fingerprint density at radius 1 is 1.20 bits per heavy atom. The number of anilines is 1. The van der Waals surface area contributed by atoms with E-state index in [-0.39, 0.29) is 5.82 Å². The number of urea groups is 1. The SMILES string of the molecule is O=C(O)CNC(=O)N1CCN(c2ccccc2F)CC1. The second-order valence-corrected chi connectivity index (χ2v) is 4.48. The third-order valence-electron chi connectivity index (χ3n) is 3.15. The Bertz CT molecular complexity index is 501. The summed E-state index contributed by atoms with van der Waals surface area (Å²) in [5.41, 5.74) is 0.526. The zero-order chi connectivity index (χ0) is 14.5. The number of amides is 2. The summed E-state index contributed by atoms with van der Waals surface area (Å²) in [5.74, 6) is -1.36. The zero-order valence-electron chi connectivity index (χ0n) is 10.9. The molecule has 6 nitrogen and oxygen atoms in total. The van der Waals surface area contributed by atoms with E-state index >= 15 is 0 Å². The molecule has 7 heteroatoms. The van der Waals surface area contributed by atoms with E-state index in [1.54, 1.807) is 18.2 Å². The number of aliphatic carboxylic acids is 1. The van der Waals surface area contributed by atoms with Crippen molar-refractivity contribution < 1.29 is 19.1 Å². The summed E-state index contributed by atoms with van der Waals surface area (Å²) < 4.78 is 13.6. The van der Waals surface area contributed by atoms with Crippen molar-refractivity contribution in [2.24, 2.45) is 0 Å². The number of para-hydroxylation sites is 1. The van der Waals surface area contributed by atoms with Gasteiger partial charge in [-0.05, 0) is 12.1 Å². The van der Waals surface area contributed by atoms with Gasteiger partial charge in [0.15, 0.2) is 0 Å². The van der Waals surface area contributed by atoms with Gasteiger partial charge in [0.2, 0.25) is 0 Å². The molecule has 0 saturated carbocycles. The molecule has 1 saturated heterocycles. The molecule has 20 heavy (non-hydrogen) atoms. The molecule has 0 atom stereocenters. The number of benzene rings is 1. The fourth-order valence-corrected chi connectivity index (χ4v) is 2.12. The van der Waals surface area contributed by atoms with E-state index in [0.29, 0.717) is 31.9 Å². The van der Waals surface area contributed by atoms with Gasteiger partial charge in [0.25, 0.3) is 0 Å². The number of carboxylic acids is 1. The number of hydrogen-bond donors (Lipinski definition) is 2. The van der Waals surface area contributed by atoms with Crippen LogP contribution in [0.15, 0.2) is 24.3 Å². The Morgan fingerprint density at radius 2 is 1.85 bits per heavy atom. The summed E-state index contributed by atoms with van der Waals surface area (Å²) >= 11 is 0. The van der Waals surface area contributed by atoms with Gasteiger partial charge >= 0.3 is 12.0 Å². The Morgan fingerprint density at radius 3 is 2.45 bits per heavy atom. The molecule has 1 heterocycles. The molecule has 2 amide bonds. The number of hydrogen-bond acceptors (Lipinski definition) is 3. The fraction of sp³-hybridized carbons (Fsp3) is 0.385. The van der Waals surface area contributed by atoms with Crippen LogP contribution in [0.3, 0.4) is 0 Å². The average molecular weight is 281 g/mol. The van der Waals surface area contributed by atoms with Crippen molar-refractivity contribution >= 4 is 17.7 Å². The van der Waals surface area contributed by atoms with Crippen molar-refractivity contribution in [2.75, 3.05) is 37.6 Å². The molecule has 1 fully saturated rings. The predicted molar refractivity (Wildman–Crippen MR) is 71.2 cm³/mol. The molecule has 0 unspecified atom stereocenters. The maximum atomic E-state index is 13.6. The molecule has 1 aliphatic rings. The molecule has 2 rings (SSSR count). The average Bonchev–Trinajstić information content (AvgIpc) is 2.45. The highest BCUT2D eigenvalue weighted by Gasteiger charge is 2.22. The summed E-state index contributed by atoms with van der Waals surface area (Å²) in [6.45, 7) is 1.49. The Balaban J connectivity index is 1.88. The summed E-state index contributed by atoms with van der Waals surface area (Å²) in [4.78, 5) is 25.4. The van der Waals surface area contributed by atoms with Crippen LogP contribution >= 0.6 is 0 Å². The van der Waals surface area contributed by atoms with Crippen molar-refractivity contribution in [3.8, 4) is 0 Å². The molecular formula is C13H16FN3O3. The zero-order valence-corrected chi connectivity index (χ0v) is 10.9. The standard InChI is InChI=1S/C13H16FN3O3/c14-10-3-1-2-4-11(10)16-5-7-17(8-6-16)13(20)15-9-12(18)19/h1-4H,5-9H2,(H,15,20)(H,18,19). The minimum atomic E-state index is -1.08. The lowest BCUT2D eigenvalue weighted by atomic mass is 10.2. The first kappa shape index (κ1) is 14.1. The van der Waals surface area contributed by atoms with E-state index in [2.05, 4.69) is 5.32 Å². The van der Waals surface area contributed by atoms with E-state index in [1.165, 1.54) is 11.0 Å². The van der Waals surface area contributed by atoms with Crippen LogP contribution < -0.4 is 10.2 Å². The van der Waals surface area contributed by atoms with Crippen molar-refractivity contribution in [1.29, 1.82) is 0 Å². The Labute approximate surface area is 115 Å². The molecule has 1 aromatic rings. The summed E-state index contributed by atoms with van der Waals surface area (Å²) in [6.07, 6.45) is 0. The van der Waals surface area contributed by atoms with E-state index in [1.807, 2.05) is 4.90 Å². The number of piperazine rings is 1. The first-order valence-electron chi connectivity index (χ1n) is 6.32. The number of carboxylic acid groups (broad SMARTS) is 1. The highest BCUT2D eigenvalue weighted by atomic mass is 19.1. The number of carbonyl (C=O) groups excluding carboxylic acids is 1. The summed E-state index contributed by atoms with van der Waals surface area (Å²) in [6, 6.07) is 6.11. The topological polar surface area (TPSA) is 72.9 Å². The van der Waals surface area contributed by atoms with Crippen LogP contribution in [0.5, 0.6) is 0 Å². The van der Waals surface area contributed by atoms with Crippen LogP contribution in [0.2, 0.25) is 0 Å². The first-order valence-corrected chi connectivity index (χ1v) is 6.32. The van der Waals surface area contributed by atoms with Crippen molar-refractivity contribution in [3.63, 3.8) is 0 Å². The molecule has 0 aromatic heterocycles. The minimum absolute atomic E-state index is 0.281. The molecular weight excluding hydrogens is 265 g/mol. The lowest BCUT2D eigenvalue weighted by Crippen LogP contribution is -2.52. The van der Waals surface area contributed by atoms with Gasteiger partial charge in [-0.25, -0.2) is 9.18 Å². The van der Waals surface area contributed by atoms with Crippen LogP contribution in [0.25, 0.3) is 0 Å². The van der Waals surface area contributed by atoms with Gasteiger partial charge in [0.1, 0.15) is 12.4 Å². The minimum Gasteiger partial charge on any atom is -0.480 e. The smallest absolute Gasteiger partial charge is 0.323 e. The highest BCUT2D eigenvalue weighted by Crippen LogP contribution is 2.19. The molecule has 0 radical (unpaired) electrons. The fourth-order valence-electron chi connectivity index (χ4n) is 2.12. The third-order valence-corrected chi connectivity index (χ3v) is 3.15. The largest absolute Gasteiger partial charge is 0.480 e. The van der Waals surface area contributed by atoms with Gasteiger partial charge in [-0.15, -0.1) is 0 Å². The molecule has 1 aromatic carbocycles. The van der Waals surface area contributed by atoms with Gasteiger partial charge < -0.3 is 20.2 Å². The maximum Gasteiger partial charge on any atom is 0.323 e. The van der Waals surface area contributed by atoms with Crippen LogP contribution in [-0.2, 0) is 4.79 Å². The van der Waals surface area contributed by atoms with Crippen LogP contribution in [-0.4, -0.2) is 54.7 Å². The van der Waals surface area contributed by atoms with E-state index in [4.69, 9.17) is 5.11 Å². The van der Waals surface area contributed by atoms with Crippen LogP contribution in [0.4, 0.5) is 14.9 Å². The lowest BCUT2D eigenvalue weighted by molar-refractivity contribution is -0.135. The summed E-state index contributed by atoms with van der Waals surface area (Å²) in [7, 11) is 0. The van der Waals surface area contributed by atoms with Crippen molar-refractivity contribution in [2.45, 2.75) is 0 Å². The van der Waals surface area contributed by atoms with Gasteiger partial charge in [0, 0.05) is 26.2 Å². The molecule has 0 aliphatic carbocycles. The molecule has 108 valence electrons. The van der Waals surface area contributed by atoms with Crippen molar-refractivity contribution in [1.82, 2.24) is 10.2 Å². The Kier molecular flexibility index (Phi) is 4.39. The van der Waals surface area contributed by atoms with Gasteiger partial charge in [-0.1, -0.05) is 12.1 Å². The predicted octanol–water partition coefficient (Wildman–Crippen LogP) is 0.742. The second kappa shape index (κ2) is 6.23. The third kappa shape index (κ3) is 3.37. The molecule has 0 bridgehead atoms. The second-order valence-electron chi connectivity index (χ2n) is 4.48. The van der Waals surface area contributed by atoms with E-state index in [9.17, 15) is 14.0 Å². The monoisotopic (exact) mass is 281 g/mol. The lowest BCUT2D eigenvalue weighted by Gasteiger charge is -2.36. The van der Waals surface area contributed by atoms with Gasteiger partial charge in [-0.2, -0.15) is 0 Å². The number of rotatable bonds is 3. The number of carbonyl (C=O) groups is 2. The van der Waals surface area contributed by atoms with E-state index < -0.39 is 18.5 Å². The van der Waals surface area contributed by atoms with Gasteiger partial charge in [0.05, 0.1) is 5.69 Å². The molecule has 0 spiro atoms. The number of halogens is 1. The maximum absolute atomic E-state index is 13.6. The number of nitrogens with zero attached hydrogens (tertiary/aromatic N) is 2. The quantitative estimate of drug-likeness (QED) is 0.857. The molecule has 2 N–H and O–H groups in total. The number of nitrogens with one attached hydrogen (secondary N) is 1. The molecule has 1 aliphatic heterocycles. The highest BCUT2D eigenvalue weighted by molar-refractivity contribution is 5.80. The van der Waals surface area contributed by atoms with Crippen LogP contribution in [0, 0.1) is 5.82 Å². The van der Waals surface area contributed by atoms with Crippen LogP contribution in [0.1, 0.15) is 0 Å². The van der Waals surface area contributed by atoms with E-state index in [0.717, 1.165) is 0 Å². The Hall–Kier alpha value is -2.31. The van der Waals surface area contributed by atoms with Gasteiger partial charge in [-0.3, -0.25) is 4.79 Å². The summed E-state index contributed by atoms with van der Waals surface area (Å²) in [5, 5.41) is 10.8. The first-order chi connectivity index (χ1) is 9.58. The normalized spacial score (nSPS) is 15.1. The van der Waals surface area contributed by atoms with Crippen molar-refractivity contribution in [3.05, 3.63) is 30.1 Å².